The predicted octanol–water partition coefficient (Wildman–Crippen LogP) is 4.36. The Bertz CT molecular complexity index is 1400. The lowest BCUT2D eigenvalue weighted by Gasteiger charge is -2.31. The number of imidazole rings is 1. The number of benzene rings is 2. The molecule has 206 valence electrons. The molecule has 0 amide bonds. The van der Waals surface area contributed by atoms with Crippen molar-refractivity contribution in [3.05, 3.63) is 60.2 Å². The van der Waals surface area contributed by atoms with Crippen molar-refractivity contribution >= 4 is 38.7 Å². The highest BCUT2D eigenvalue weighted by Crippen LogP contribution is 2.28. The normalized spacial score (nSPS) is 15.9. The molecule has 0 aliphatic carbocycles. The van der Waals surface area contributed by atoms with Gasteiger partial charge in [-0.15, -0.1) is 0 Å². The molecule has 0 saturated carbocycles. The molecule has 0 bridgehead atoms. The summed E-state index contributed by atoms with van der Waals surface area (Å²) in [4.78, 5) is 16.2. The number of fused-ring (bicyclic) bond motifs is 1. The Balaban J connectivity index is 0.000000505. The second-order valence-corrected chi connectivity index (χ2v) is 10.8. The molecule has 1 aromatic heterocycles. The summed E-state index contributed by atoms with van der Waals surface area (Å²) in [5.74, 6) is -1.88. The van der Waals surface area contributed by atoms with Gasteiger partial charge in [-0.2, -0.15) is 13.2 Å². The maximum absolute atomic E-state index is 12.8. The van der Waals surface area contributed by atoms with Crippen LogP contribution in [-0.2, 0) is 21.4 Å². The predicted molar refractivity (Wildman–Crippen MR) is 140 cm³/mol. The van der Waals surface area contributed by atoms with Crippen LogP contribution in [0.4, 0.5) is 24.8 Å². The Labute approximate surface area is 218 Å². The van der Waals surface area contributed by atoms with Crippen molar-refractivity contribution in [2.24, 2.45) is 5.73 Å². The Kier molecular flexibility index (Phi) is 9.05. The van der Waals surface area contributed by atoms with E-state index in [9.17, 15) is 21.6 Å². The molecule has 0 radical (unpaired) electrons. The zero-order valence-electron chi connectivity index (χ0n) is 20.9. The third-order valence-electron chi connectivity index (χ3n) is 5.70. The molecule has 13 heteroatoms. The number of carboxylic acid groups (broad SMARTS) is 1. The van der Waals surface area contributed by atoms with Crippen LogP contribution in [0.25, 0.3) is 11.0 Å². The first-order chi connectivity index (χ1) is 17.8. The fourth-order valence-electron chi connectivity index (χ4n) is 3.87. The molecular formula is C25H30F3N5O4S. The number of nitrogens with one attached hydrogen (secondary N) is 1. The van der Waals surface area contributed by atoms with E-state index in [1.54, 1.807) is 36.4 Å². The summed E-state index contributed by atoms with van der Waals surface area (Å²) in [6, 6.07) is 14.0. The number of aromatic nitrogens is 2. The van der Waals surface area contributed by atoms with Crippen molar-refractivity contribution in [3.63, 3.8) is 0 Å². The maximum Gasteiger partial charge on any atom is 0.490 e. The molecule has 0 spiro atoms. The molecule has 38 heavy (non-hydrogen) atoms. The van der Waals surface area contributed by atoms with Gasteiger partial charge in [-0.25, -0.2) is 18.2 Å². The van der Waals surface area contributed by atoms with Gasteiger partial charge in [0.15, 0.2) is 0 Å². The van der Waals surface area contributed by atoms with Crippen LogP contribution in [0.5, 0.6) is 0 Å². The minimum atomic E-state index is -5.08. The van der Waals surface area contributed by atoms with E-state index in [1.165, 1.54) is 5.57 Å². The lowest BCUT2D eigenvalue weighted by Crippen LogP contribution is -2.43. The number of hydrogen-bond acceptors (Lipinski definition) is 6. The molecule has 2 aromatic carbocycles. The second kappa shape index (κ2) is 11.9. The third-order valence-corrected chi connectivity index (χ3v) is 7.10. The van der Waals surface area contributed by atoms with Crippen LogP contribution in [0.15, 0.2) is 65.1 Å². The molecule has 0 unspecified atom stereocenters. The molecule has 4 rings (SSSR count). The lowest BCUT2D eigenvalue weighted by atomic mass is 10.1. The number of hydrogen-bond donors (Lipinski definition) is 3. The lowest BCUT2D eigenvalue weighted by molar-refractivity contribution is -0.192. The van der Waals surface area contributed by atoms with Gasteiger partial charge in [-0.05, 0) is 57.0 Å². The van der Waals surface area contributed by atoms with Crippen molar-refractivity contribution in [1.82, 2.24) is 9.55 Å². The fourth-order valence-corrected chi connectivity index (χ4v) is 4.94. The van der Waals surface area contributed by atoms with Crippen LogP contribution in [0.3, 0.4) is 0 Å². The van der Waals surface area contributed by atoms with E-state index in [1.807, 2.05) is 12.1 Å². The minimum absolute atomic E-state index is 0.138. The number of allylic oxidation sites excluding steroid dienone is 2. The van der Waals surface area contributed by atoms with Gasteiger partial charge in [-0.3, -0.25) is 4.72 Å². The van der Waals surface area contributed by atoms with Gasteiger partial charge < -0.3 is 20.3 Å². The zero-order chi connectivity index (χ0) is 28.1. The number of nitrogens with zero attached hydrogens (tertiary/aromatic N) is 3. The molecule has 1 atom stereocenters. The monoisotopic (exact) mass is 553 g/mol. The first-order valence-corrected chi connectivity index (χ1v) is 13.3. The quantitative estimate of drug-likeness (QED) is 0.387. The largest absolute Gasteiger partial charge is 0.490 e. The van der Waals surface area contributed by atoms with Gasteiger partial charge in [0.1, 0.15) is 0 Å². The number of anilines is 2. The summed E-state index contributed by atoms with van der Waals surface area (Å²) in [6.45, 7) is 6.48. The van der Waals surface area contributed by atoms with Crippen molar-refractivity contribution in [2.45, 2.75) is 50.3 Å². The number of alkyl halides is 3. The van der Waals surface area contributed by atoms with Crippen LogP contribution in [0.2, 0.25) is 0 Å². The Morgan fingerprint density at radius 3 is 2.45 bits per heavy atom. The third kappa shape index (κ3) is 7.48. The smallest absolute Gasteiger partial charge is 0.475 e. The van der Waals surface area contributed by atoms with E-state index >= 15 is 0 Å². The molecule has 1 aliphatic heterocycles. The van der Waals surface area contributed by atoms with Crippen LogP contribution in [0.1, 0.15) is 26.7 Å². The standard InChI is InChI=1S/C23H29N5O2S.C2HF3O2/c1-17(2)12-14-28-22-15-19(26-31(29,30)20-8-4-3-5-9-20)10-11-21(22)25-23(28)27-13-6-7-18(24)16-27;3-2(4,5)1(6)7/h3-5,8-12,15,18,26H,6-7,13-14,16,24H2,1-2H3;(H,6,7)/t18-;/m1./s1. The molecule has 1 saturated heterocycles. The maximum atomic E-state index is 12.8. The Morgan fingerprint density at radius 2 is 1.87 bits per heavy atom. The van der Waals surface area contributed by atoms with Crippen LogP contribution in [0, 0.1) is 0 Å². The number of carboxylic acids is 1. The number of aliphatic carboxylic acids is 1. The second-order valence-electron chi connectivity index (χ2n) is 9.08. The minimum Gasteiger partial charge on any atom is -0.475 e. The number of sulfonamides is 1. The van der Waals surface area contributed by atoms with E-state index in [2.05, 4.69) is 34.1 Å². The number of rotatable bonds is 6. The molecule has 4 N–H and O–H groups in total. The van der Waals surface area contributed by atoms with Gasteiger partial charge >= 0.3 is 12.1 Å². The highest BCUT2D eigenvalue weighted by Gasteiger charge is 2.38. The van der Waals surface area contributed by atoms with Gasteiger partial charge in [0.2, 0.25) is 5.95 Å². The molecule has 9 nitrogen and oxygen atoms in total. The molecule has 1 fully saturated rings. The van der Waals surface area contributed by atoms with Crippen molar-refractivity contribution in [3.8, 4) is 0 Å². The van der Waals surface area contributed by atoms with E-state index in [0.29, 0.717) is 12.2 Å². The Morgan fingerprint density at radius 1 is 1.21 bits per heavy atom. The average molecular weight is 554 g/mol. The van der Waals surface area contributed by atoms with E-state index in [-0.39, 0.29) is 10.9 Å². The Hall–Kier alpha value is -3.58. The van der Waals surface area contributed by atoms with Crippen LogP contribution >= 0.6 is 0 Å². The number of nitrogens with two attached hydrogens (primary N) is 1. The topological polar surface area (TPSA) is 131 Å². The number of halogens is 3. The summed E-state index contributed by atoms with van der Waals surface area (Å²) in [6.07, 6.45) is -0.874. The summed E-state index contributed by atoms with van der Waals surface area (Å²) in [7, 11) is -3.66. The molecular weight excluding hydrogens is 523 g/mol. The number of carbonyl (C=O) groups is 1. The van der Waals surface area contributed by atoms with Crippen molar-refractivity contribution in [1.29, 1.82) is 0 Å². The summed E-state index contributed by atoms with van der Waals surface area (Å²) in [5.41, 5.74) is 9.65. The van der Waals surface area contributed by atoms with Gasteiger partial charge in [0, 0.05) is 25.7 Å². The SMILES string of the molecule is CC(C)=CCn1c(N2CCC[C@@H](N)C2)nc2ccc(NS(=O)(=O)c3ccccc3)cc21.O=C(O)C(F)(F)F. The fraction of sp³-hybridized carbons (Fsp3) is 0.360. The van der Waals surface area contributed by atoms with E-state index < -0.39 is 22.2 Å². The average Bonchev–Trinajstić information content (AvgIpc) is 3.20. The van der Waals surface area contributed by atoms with Crippen LogP contribution < -0.4 is 15.4 Å². The van der Waals surface area contributed by atoms with Gasteiger partial charge in [0.05, 0.1) is 21.6 Å². The van der Waals surface area contributed by atoms with Crippen molar-refractivity contribution in [2.75, 3.05) is 22.7 Å². The van der Waals surface area contributed by atoms with E-state index in [4.69, 9.17) is 20.6 Å². The van der Waals surface area contributed by atoms with E-state index in [0.717, 1.165) is 42.9 Å². The van der Waals surface area contributed by atoms with Crippen molar-refractivity contribution < 1.29 is 31.5 Å². The summed E-state index contributed by atoms with van der Waals surface area (Å²) in [5, 5.41) is 7.12. The van der Waals surface area contributed by atoms with Gasteiger partial charge in [0.25, 0.3) is 10.0 Å². The molecule has 2 heterocycles. The van der Waals surface area contributed by atoms with Gasteiger partial charge in [-0.1, -0.05) is 29.8 Å². The molecule has 3 aromatic rings. The van der Waals surface area contributed by atoms with Crippen LogP contribution in [-0.4, -0.2) is 54.4 Å². The zero-order valence-corrected chi connectivity index (χ0v) is 21.8. The first-order valence-electron chi connectivity index (χ1n) is 11.8. The summed E-state index contributed by atoms with van der Waals surface area (Å²) < 4.78 is 62.1. The first kappa shape index (κ1) is 29.0. The summed E-state index contributed by atoms with van der Waals surface area (Å²) >= 11 is 0. The highest BCUT2D eigenvalue weighted by molar-refractivity contribution is 7.92. The number of piperidine rings is 1. The molecule has 1 aliphatic rings. The highest BCUT2D eigenvalue weighted by atomic mass is 32.2.